The zero-order valence-corrected chi connectivity index (χ0v) is 16.4. The van der Waals surface area contributed by atoms with E-state index in [-0.39, 0.29) is 35.9 Å². The molecule has 1 aliphatic heterocycles. The smallest absolute Gasteiger partial charge is 0.191 e. The maximum absolute atomic E-state index is 12.9. The first-order chi connectivity index (χ1) is 11.3. The third-order valence-corrected chi connectivity index (χ3v) is 3.53. The number of benzene rings is 1. The van der Waals surface area contributed by atoms with Gasteiger partial charge < -0.3 is 20.1 Å². The monoisotopic (exact) mass is 451 g/mol. The number of nitrogens with one attached hydrogen (secondary N) is 2. The molecule has 1 aromatic carbocycles. The molecule has 1 fully saturated rings. The van der Waals surface area contributed by atoms with Crippen molar-refractivity contribution in [2.24, 2.45) is 4.99 Å². The van der Waals surface area contributed by atoms with Crippen LogP contribution in [0.2, 0.25) is 0 Å². The lowest BCUT2D eigenvalue weighted by molar-refractivity contribution is 0.0420. The molecule has 0 spiro atoms. The minimum Gasteiger partial charge on any atom is -0.379 e. The largest absolute Gasteiger partial charge is 0.379 e. The molecule has 0 aromatic heterocycles. The summed E-state index contributed by atoms with van der Waals surface area (Å²) in [6.07, 6.45) is 2.17. The topological polar surface area (TPSA) is 54.9 Å². The van der Waals surface area contributed by atoms with Gasteiger partial charge in [0, 0.05) is 26.3 Å². The van der Waals surface area contributed by atoms with Gasteiger partial charge in [0.05, 0.1) is 19.3 Å². The van der Waals surface area contributed by atoms with Crippen LogP contribution in [-0.4, -0.2) is 45.0 Å². The Hall–Kier alpha value is -0.930. The van der Waals surface area contributed by atoms with Crippen LogP contribution < -0.4 is 10.6 Å². The Morgan fingerprint density at radius 1 is 1.33 bits per heavy atom. The molecule has 136 valence electrons. The summed E-state index contributed by atoms with van der Waals surface area (Å²) in [5, 5.41) is 6.48. The fourth-order valence-corrected chi connectivity index (χ4v) is 2.28. The summed E-state index contributed by atoms with van der Waals surface area (Å²) >= 11 is 0. The lowest BCUT2D eigenvalue weighted by atomic mass is 10.2. The quantitative estimate of drug-likeness (QED) is 0.276. The van der Waals surface area contributed by atoms with E-state index in [1.54, 1.807) is 12.1 Å². The maximum Gasteiger partial charge on any atom is 0.191 e. The van der Waals surface area contributed by atoms with Gasteiger partial charge in [0.25, 0.3) is 0 Å². The van der Waals surface area contributed by atoms with Crippen molar-refractivity contribution in [2.45, 2.75) is 32.4 Å². The van der Waals surface area contributed by atoms with E-state index in [4.69, 9.17) is 9.47 Å². The predicted molar refractivity (Wildman–Crippen MR) is 104 cm³/mol. The van der Waals surface area contributed by atoms with Gasteiger partial charge in [-0.1, -0.05) is 12.1 Å². The summed E-state index contributed by atoms with van der Waals surface area (Å²) in [6, 6.07) is 6.41. The number of hydrogen-bond acceptors (Lipinski definition) is 3. The molecule has 2 N–H and O–H groups in total. The van der Waals surface area contributed by atoms with Crippen LogP contribution in [-0.2, 0) is 16.0 Å². The molecule has 0 radical (unpaired) electrons. The van der Waals surface area contributed by atoms with Crippen molar-refractivity contribution in [1.29, 1.82) is 0 Å². The summed E-state index contributed by atoms with van der Waals surface area (Å²) in [7, 11) is 0. The first kappa shape index (κ1) is 21.1. The lowest BCUT2D eigenvalue weighted by Gasteiger charge is -2.13. The summed E-state index contributed by atoms with van der Waals surface area (Å²) in [5.41, 5.74) is 0.980. The van der Waals surface area contributed by atoms with E-state index >= 15 is 0 Å². The van der Waals surface area contributed by atoms with Crippen LogP contribution >= 0.6 is 24.0 Å². The highest BCUT2D eigenvalue weighted by molar-refractivity contribution is 14.0. The molecule has 1 aliphatic rings. The van der Waals surface area contributed by atoms with Gasteiger partial charge in [-0.3, -0.25) is 0 Å². The van der Waals surface area contributed by atoms with E-state index in [1.807, 2.05) is 6.92 Å². The summed E-state index contributed by atoms with van der Waals surface area (Å²) in [5.74, 6) is 0.538. The molecule has 24 heavy (non-hydrogen) atoms. The normalized spacial score (nSPS) is 17.4. The molecule has 0 amide bonds. The number of guanidine groups is 1. The first-order valence-corrected chi connectivity index (χ1v) is 8.24. The Kier molecular flexibility index (Phi) is 10.9. The van der Waals surface area contributed by atoms with Crippen molar-refractivity contribution in [3.05, 3.63) is 35.6 Å². The number of ether oxygens (including phenoxy) is 2. The van der Waals surface area contributed by atoms with Gasteiger partial charge in [-0.2, -0.15) is 0 Å². The molecular formula is C17H27FIN3O2. The Bertz CT molecular complexity index is 479. The third kappa shape index (κ3) is 8.25. The van der Waals surface area contributed by atoms with Crippen LogP contribution in [0, 0.1) is 5.82 Å². The van der Waals surface area contributed by atoms with Crippen molar-refractivity contribution in [3.63, 3.8) is 0 Å². The van der Waals surface area contributed by atoms with E-state index in [1.165, 1.54) is 12.1 Å². The van der Waals surface area contributed by atoms with Gasteiger partial charge >= 0.3 is 0 Å². The molecule has 0 bridgehead atoms. The predicted octanol–water partition coefficient (Wildman–Crippen LogP) is 2.69. The van der Waals surface area contributed by atoms with Gasteiger partial charge in [0.2, 0.25) is 0 Å². The second kappa shape index (κ2) is 12.4. The van der Waals surface area contributed by atoms with Crippen LogP contribution in [0.3, 0.4) is 0 Å². The average molecular weight is 451 g/mol. The second-order valence-corrected chi connectivity index (χ2v) is 5.46. The van der Waals surface area contributed by atoms with Crippen molar-refractivity contribution in [2.75, 3.05) is 32.9 Å². The van der Waals surface area contributed by atoms with E-state index in [9.17, 15) is 4.39 Å². The molecule has 1 unspecified atom stereocenters. The zero-order chi connectivity index (χ0) is 16.3. The van der Waals surface area contributed by atoms with Crippen molar-refractivity contribution in [3.8, 4) is 0 Å². The van der Waals surface area contributed by atoms with E-state index in [2.05, 4.69) is 15.6 Å². The fourth-order valence-electron chi connectivity index (χ4n) is 2.28. The first-order valence-electron chi connectivity index (χ1n) is 8.24. The molecule has 1 heterocycles. The highest BCUT2D eigenvalue weighted by Gasteiger charge is 2.15. The van der Waals surface area contributed by atoms with Crippen LogP contribution in [0.25, 0.3) is 0 Å². The molecule has 2 rings (SSSR count). The summed E-state index contributed by atoms with van der Waals surface area (Å²) < 4.78 is 23.9. The van der Waals surface area contributed by atoms with Gasteiger partial charge in [0.15, 0.2) is 5.96 Å². The molecule has 1 saturated heterocycles. The molecule has 1 atom stereocenters. The fraction of sp³-hybridized carbons (Fsp3) is 0.588. The van der Waals surface area contributed by atoms with E-state index in [0.29, 0.717) is 6.54 Å². The van der Waals surface area contributed by atoms with Crippen LogP contribution in [0.15, 0.2) is 29.3 Å². The van der Waals surface area contributed by atoms with Crippen LogP contribution in [0.1, 0.15) is 25.3 Å². The van der Waals surface area contributed by atoms with Gasteiger partial charge in [-0.15, -0.1) is 24.0 Å². The van der Waals surface area contributed by atoms with Crippen molar-refractivity contribution < 1.29 is 13.9 Å². The standard InChI is InChI=1S/C17H26FN3O2.HI/c1-2-19-17(21-12-14-4-6-15(18)7-5-14)20-9-3-10-23-16-8-11-22-13-16;/h4-7,16H,2-3,8-13H2,1H3,(H2,19,20,21);1H. The molecular weight excluding hydrogens is 424 g/mol. The highest BCUT2D eigenvalue weighted by Crippen LogP contribution is 2.08. The van der Waals surface area contributed by atoms with Crippen LogP contribution in [0.4, 0.5) is 4.39 Å². The highest BCUT2D eigenvalue weighted by atomic mass is 127. The summed E-state index contributed by atoms with van der Waals surface area (Å²) in [4.78, 5) is 4.50. The molecule has 1 aromatic rings. The molecule has 7 heteroatoms. The van der Waals surface area contributed by atoms with Crippen LogP contribution in [0.5, 0.6) is 0 Å². The SMILES string of the molecule is CCNC(=NCc1ccc(F)cc1)NCCCOC1CCOC1.I. The Morgan fingerprint density at radius 2 is 2.12 bits per heavy atom. The average Bonchev–Trinajstić information content (AvgIpc) is 3.07. The second-order valence-electron chi connectivity index (χ2n) is 5.46. The Balaban J connectivity index is 0.00000288. The Labute approximate surface area is 160 Å². The minimum absolute atomic E-state index is 0. The third-order valence-electron chi connectivity index (χ3n) is 3.53. The number of nitrogens with zero attached hydrogens (tertiary/aromatic N) is 1. The number of hydrogen-bond donors (Lipinski definition) is 2. The molecule has 0 saturated carbocycles. The molecule has 5 nitrogen and oxygen atoms in total. The zero-order valence-electron chi connectivity index (χ0n) is 14.1. The van der Waals surface area contributed by atoms with Crippen molar-refractivity contribution in [1.82, 2.24) is 10.6 Å². The van der Waals surface area contributed by atoms with Gasteiger partial charge in [-0.25, -0.2) is 9.38 Å². The summed E-state index contributed by atoms with van der Waals surface area (Å²) in [6.45, 7) is 6.38. The van der Waals surface area contributed by atoms with Crippen molar-refractivity contribution >= 4 is 29.9 Å². The Morgan fingerprint density at radius 3 is 2.79 bits per heavy atom. The minimum atomic E-state index is -0.226. The van der Waals surface area contributed by atoms with Gasteiger partial charge in [-0.05, 0) is 37.5 Å². The maximum atomic E-state index is 12.9. The van der Waals surface area contributed by atoms with E-state index in [0.717, 1.165) is 57.3 Å². The molecule has 0 aliphatic carbocycles. The lowest BCUT2D eigenvalue weighted by Crippen LogP contribution is -2.38. The van der Waals surface area contributed by atoms with Gasteiger partial charge in [0.1, 0.15) is 5.82 Å². The van der Waals surface area contributed by atoms with E-state index < -0.39 is 0 Å². The number of rotatable bonds is 8. The number of aliphatic imine (C=N–C) groups is 1. The number of halogens is 2.